The van der Waals surface area contributed by atoms with Gasteiger partial charge in [0, 0.05) is 19.0 Å². The van der Waals surface area contributed by atoms with Crippen LogP contribution in [-0.2, 0) is 4.79 Å². The molecule has 6 heteroatoms. The van der Waals surface area contributed by atoms with Crippen LogP contribution in [0, 0.1) is 0 Å². The fraction of sp³-hybridized carbons (Fsp3) is 0.429. The molecule has 2 heterocycles. The Morgan fingerprint density at radius 2 is 2.54 bits per heavy atom. The zero-order valence-corrected chi connectivity index (χ0v) is 7.58. The molecule has 0 spiro atoms. The highest BCUT2D eigenvalue weighted by atomic mass is 35.5. The van der Waals surface area contributed by atoms with Gasteiger partial charge in [0.25, 0.3) is 0 Å². The number of H-pyrrole nitrogens is 1. The van der Waals surface area contributed by atoms with E-state index in [1.165, 1.54) is 6.20 Å². The summed E-state index contributed by atoms with van der Waals surface area (Å²) in [6.45, 7) is 0.512. The van der Waals surface area contributed by atoms with E-state index in [-0.39, 0.29) is 11.9 Å². The normalized spacial score (nSPS) is 22.8. The van der Waals surface area contributed by atoms with Gasteiger partial charge in [-0.25, -0.2) is 0 Å². The van der Waals surface area contributed by atoms with Crippen molar-refractivity contribution in [1.82, 2.24) is 10.2 Å². The molecule has 13 heavy (non-hydrogen) atoms. The third-order valence-electron chi connectivity index (χ3n) is 2.02. The first kappa shape index (κ1) is 8.52. The summed E-state index contributed by atoms with van der Waals surface area (Å²) in [5, 5.41) is 6.67. The number of amides is 1. The van der Waals surface area contributed by atoms with Gasteiger partial charge < -0.3 is 10.6 Å². The van der Waals surface area contributed by atoms with Crippen molar-refractivity contribution >= 4 is 23.2 Å². The molecule has 2 rings (SSSR count). The highest BCUT2D eigenvalue weighted by Crippen LogP contribution is 2.26. The van der Waals surface area contributed by atoms with E-state index in [2.05, 4.69) is 10.2 Å². The lowest BCUT2D eigenvalue weighted by Crippen LogP contribution is -2.27. The molecule has 0 saturated carbocycles. The lowest BCUT2D eigenvalue weighted by Gasteiger charge is -2.13. The van der Waals surface area contributed by atoms with Crippen LogP contribution in [0.5, 0.6) is 0 Å². The minimum absolute atomic E-state index is 0.00389. The smallest absolute Gasteiger partial charge is 0.228 e. The van der Waals surface area contributed by atoms with E-state index >= 15 is 0 Å². The molecule has 1 atom stereocenters. The zero-order valence-electron chi connectivity index (χ0n) is 6.83. The van der Waals surface area contributed by atoms with Gasteiger partial charge in [0.1, 0.15) is 10.8 Å². The Kier molecular flexibility index (Phi) is 1.97. The number of carbonyl (C=O) groups excluding carboxylic acids is 1. The average molecular weight is 201 g/mol. The SMILES string of the molecule is NC1CC(=O)N(c2cn[nH]c2Cl)C1. The molecule has 1 aromatic heterocycles. The number of rotatable bonds is 1. The molecule has 1 aromatic rings. The third-order valence-corrected chi connectivity index (χ3v) is 2.30. The molecular formula is C7H9ClN4O. The quantitative estimate of drug-likeness (QED) is 0.677. The largest absolute Gasteiger partial charge is 0.326 e. The number of nitrogens with two attached hydrogens (primary N) is 1. The average Bonchev–Trinajstić information content (AvgIpc) is 2.58. The molecule has 0 bridgehead atoms. The molecular weight excluding hydrogens is 192 g/mol. The first-order valence-electron chi connectivity index (χ1n) is 3.93. The Hall–Kier alpha value is -1.07. The maximum absolute atomic E-state index is 11.4. The summed E-state index contributed by atoms with van der Waals surface area (Å²) in [6, 6.07) is -0.0986. The molecule has 1 unspecified atom stereocenters. The Labute approximate surface area is 79.8 Å². The Morgan fingerprint density at radius 3 is 3.00 bits per heavy atom. The van der Waals surface area contributed by atoms with Crippen molar-refractivity contribution in [3.8, 4) is 0 Å². The van der Waals surface area contributed by atoms with E-state index in [0.717, 1.165) is 0 Å². The van der Waals surface area contributed by atoms with Crippen LogP contribution < -0.4 is 10.6 Å². The van der Waals surface area contributed by atoms with Crippen LogP contribution in [0.1, 0.15) is 6.42 Å². The minimum Gasteiger partial charge on any atom is -0.326 e. The number of halogens is 1. The van der Waals surface area contributed by atoms with Gasteiger partial charge in [-0.05, 0) is 0 Å². The van der Waals surface area contributed by atoms with Gasteiger partial charge in [0.15, 0.2) is 0 Å². The summed E-state index contributed by atoms with van der Waals surface area (Å²) in [5.74, 6) is -0.00389. The predicted molar refractivity (Wildman–Crippen MR) is 48.5 cm³/mol. The highest BCUT2D eigenvalue weighted by molar-refractivity contribution is 6.32. The third kappa shape index (κ3) is 1.40. The number of carbonyl (C=O) groups is 1. The summed E-state index contributed by atoms with van der Waals surface area (Å²) in [6.07, 6.45) is 1.90. The van der Waals surface area contributed by atoms with Gasteiger partial charge in [-0.15, -0.1) is 0 Å². The summed E-state index contributed by atoms with van der Waals surface area (Å²) >= 11 is 5.78. The lowest BCUT2D eigenvalue weighted by atomic mass is 10.3. The molecule has 1 aliphatic heterocycles. The van der Waals surface area contributed by atoms with Crippen LogP contribution in [0.4, 0.5) is 5.69 Å². The van der Waals surface area contributed by atoms with Crippen LogP contribution >= 0.6 is 11.6 Å². The first-order chi connectivity index (χ1) is 6.18. The monoisotopic (exact) mass is 200 g/mol. The number of aromatic amines is 1. The van der Waals surface area contributed by atoms with Crippen LogP contribution in [0.25, 0.3) is 0 Å². The number of aromatic nitrogens is 2. The molecule has 3 N–H and O–H groups in total. The van der Waals surface area contributed by atoms with Gasteiger partial charge >= 0.3 is 0 Å². The van der Waals surface area contributed by atoms with Crippen molar-refractivity contribution < 1.29 is 4.79 Å². The minimum atomic E-state index is -0.0986. The maximum atomic E-state index is 11.4. The lowest BCUT2D eigenvalue weighted by molar-refractivity contribution is -0.117. The Bertz CT molecular complexity index is 337. The number of hydrogen-bond acceptors (Lipinski definition) is 3. The molecule has 1 aliphatic rings. The molecule has 0 aromatic carbocycles. The fourth-order valence-electron chi connectivity index (χ4n) is 1.42. The molecule has 1 fully saturated rings. The van der Waals surface area contributed by atoms with Crippen molar-refractivity contribution in [2.45, 2.75) is 12.5 Å². The van der Waals surface area contributed by atoms with Gasteiger partial charge in [0.05, 0.1) is 6.20 Å². The van der Waals surface area contributed by atoms with Gasteiger partial charge in [0.2, 0.25) is 5.91 Å². The second-order valence-corrected chi connectivity index (χ2v) is 3.42. The van der Waals surface area contributed by atoms with E-state index in [1.54, 1.807) is 4.90 Å². The topological polar surface area (TPSA) is 75.0 Å². The summed E-state index contributed by atoms with van der Waals surface area (Å²) in [5.41, 5.74) is 6.25. The van der Waals surface area contributed by atoms with E-state index in [1.807, 2.05) is 0 Å². The van der Waals surface area contributed by atoms with E-state index in [9.17, 15) is 4.79 Å². The van der Waals surface area contributed by atoms with Crippen LogP contribution in [0.2, 0.25) is 5.15 Å². The van der Waals surface area contributed by atoms with Gasteiger partial charge in [-0.3, -0.25) is 9.89 Å². The summed E-state index contributed by atoms with van der Waals surface area (Å²) in [4.78, 5) is 12.9. The van der Waals surface area contributed by atoms with Gasteiger partial charge in [-0.1, -0.05) is 11.6 Å². The second-order valence-electron chi connectivity index (χ2n) is 3.04. The Morgan fingerprint density at radius 1 is 1.77 bits per heavy atom. The predicted octanol–water partition coefficient (Wildman–Crippen LogP) is 0.127. The summed E-state index contributed by atoms with van der Waals surface area (Å²) in [7, 11) is 0. The highest BCUT2D eigenvalue weighted by Gasteiger charge is 2.29. The van der Waals surface area contributed by atoms with Gasteiger partial charge in [-0.2, -0.15) is 5.10 Å². The molecule has 0 aliphatic carbocycles. The molecule has 0 radical (unpaired) electrons. The van der Waals surface area contributed by atoms with Crippen molar-refractivity contribution in [3.05, 3.63) is 11.3 Å². The molecule has 5 nitrogen and oxygen atoms in total. The number of nitrogens with zero attached hydrogens (tertiary/aromatic N) is 2. The number of hydrogen-bond donors (Lipinski definition) is 2. The molecule has 70 valence electrons. The van der Waals surface area contributed by atoms with E-state index in [4.69, 9.17) is 17.3 Å². The molecule has 1 amide bonds. The second kappa shape index (κ2) is 3.01. The standard InChI is InChI=1S/C7H9ClN4O/c8-7-5(2-10-11-7)12-3-4(9)1-6(12)13/h2,4H,1,3,9H2,(H,10,11). The number of nitrogens with one attached hydrogen (secondary N) is 1. The van der Waals surface area contributed by atoms with Crippen molar-refractivity contribution in [2.24, 2.45) is 5.73 Å². The van der Waals surface area contributed by atoms with Crippen molar-refractivity contribution in [2.75, 3.05) is 11.4 Å². The zero-order chi connectivity index (χ0) is 9.42. The van der Waals surface area contributed by atoms with Crippen molar-refractivity contribution in [1.29, 1.82) is 0 Å². The van der Waals surface area contributed by atoms with Crippen molar-refractivity contribution in [3.63, 3.8) is 0 Å². The van der Waals surface area contributed by atoms with E-state index in [0.29, 0.717) is 23.8 Å². The Balaban J connectivity index is 2.27. The van der Waals surface area contributed by atoms with Crippen LogP contribution in [0.3, 0.4) is 0 Å². The number of anilines is 1. The first-order valence-corrected chi connectivity index (χ1v) is 4.31. The van der Waals surface area contributed by atoms with Crippen LogP contribution in [-0.4, -0.2) is 28.7 Å². The molecule has 1 saturated heterocycles. The fourth-order valence-corrected chi connectivity index (χ4v) is 1.62. The summed E-state index contributed by atoms with van der Waals surface area (Å²) < 4.78 is 0. The maximum Gasteiger partial charge on any atom is 0.228 e. The van der Waals surface area contributed by atoms with Crippen LogP contribution in [0.15, 0.2) is 6.20 Å². The van der Waals surface area contributed by atoms with E-state index < -0.39 is 0 Å².